The minimum absolute atomic E-state index is 0.193. The second-order valence-electron chi connectivity index (χ2n) is 3.57. The molecule has 0 fully saturated rings. The number of anilines is 1. The van der Waals surface area contributed by atoms with Crippen LogP contribution >= 0.6 is 0 Å². The number of carbonyl (C=O) groups is 1. The van der Waals surface area contributed by atoms with E-state index in [1.54, 1.807) is 18.2 Å². The summed E-state index contributed by atoms with van der Waals surface area (Å²) in [6.07, 6.45) is 0.608. The molecule has 1 heterocycles. The zero-order valence-corrected chi connectivity index (χ0v) is 9.03. The first-order valence-corrected chi connectivity index (χ1v) is 5.17. The topological polar surface area (TPSA) is 73.6 Å². The Morgan fingerprint density at radius 3 is 3.00 bits per heavy atom. The van der Waals surface area contributed by atoms with Gasteiger partial charge in [0.1, 0.15) is 0 Å². The molecule has 1 amide bonds. The summed E-state index contributed by atoms with van der Waals surface area (Å²) < 4.78 is 10.4. The minimum atomic E-state index is -0.481. The third-order valence-corrected chi connectivity index (χ3v) is 2.42. The van der Waals surface area contributed by atoms with Crippen molar-refractivity contribution >= 4 is 11.6 Å². The number of nitrogens with two attached hydrogens (primary N) is 1. The number of amides is 1. The van der Waals surface area contributed by atoms with Crippen LogP contribution in [0.25, 0.3) is 0 Å². The molecule has 0 aromatic heterocycles. The summed E-state index contributed by atoms with van der Waals surface area (Å²) in [6.45, 7) is 2.09. The SMILES string of the molecule is CC[C@H](N)C(=O)Nc1ccc2c(c1)OCO2. The van der Waals surface area contributed by atoms with Crippen LogP contribution in [0.1, 0.15) is 13.3 Å². The van der Waals surface area contributed by atoms with E-state index < -0.39 is 6.04 Å². The average Bonchev–Trinajstić information content (AvgIpc) is 2.75. The van der Waals surface area contributed by atoms with Crippen LogP contribution in [0.15, 0.2) is 18.2 Å². The molecule has 1 aliphatic rings. The summed E-state index contributed by atoms with van der Waals surface area (Å²) in [5.41, 5.74) is 6.27. The van der Waals surface area contributed by atoms with Crippen molar-refractivity contribution in [1.29, 1.82) is 0 Å². The predicted octanol–water partition coefficient (Wildman–Crippen LogP) is 1.09. The molecule has 2 rings (SSSR count). The zero-order chi connectivity index (χ0) is 11.5. The van der Waals surface area contributed by atoms with Gasteiger partial charge < -0.3 is 20.5 Å². The Bertz CT molecular complexity index is 406. The van der Waals surface area contributed by atoms with E-state index in [1.807, 2.05) is 6.92 Å². The Morgan fingerprint density at radius 2 is 2.25 bits per heavy atom. The van der Waals surface area contributed by atoms with E-state index in [9.17, 15) is 4.79 Å². The van der Waals surface area contributed by atoms with E-state index in [1.165, 1.54) is 0 Å². The fourth-order valence-electron chi connectivity index (χ4n) is 1.39. The highest BCUT2D eigenvalue weighted by Gasteiger charge is 2.15. The maximum atomic E-state index is 11.5. The first kappa shape index (κ1) is 10.8. The molecular formula is C11H14N2O3. The Balaban J connectivity index is 2.08. The lowest BCUT2D eigenvalue weighted by Gasteiger charge is -2.10. The second kappa shape index (κ2) is 4.40. The van der Waals surface area contributed by atoms with Crippen molar-refractivity contribution in [1.82, 2.24) is 0 Å². The highest BCUT2D eigenvalue weighted by atomic mass is 16.7. The van der Waals surface area contributed by atoms with Crippen molar-refractivity contribution in [2.45, 2.75) is 19.4 Å². The molecule has 86 valence electrons. The van der Waals surface area contributed by atoms with Crippen molar-refractivity contribution in [2.24, 2.45) is 5.73 Å². The Labute approximate surface area is 93.5 Å². The molecule has 0 spiro atoms. The number of benzene rings is 1. The highest BCUT2D eigenvalue weighted by molar-refractivity contribution is 5.94. The molecule has 1 aromatic carbocycles. The van der Waals surface area contributed by atoms with Crippen molar-refractivity contribution in [3.8, 4) is 11.5 Å². The van der Waals surface area contributed by atoms with Crippen LogP contribution in [0.4, 0.5) is 5.69 Å². The van der Waals surface area contributed by atoms with Gasteiger partial charge in [0, 0.05) is 11.8 Å². The van der Waals surface area contributed by atoms with Gasteiger partial charge in [-0.3, -0.25) is 4.79 Å². The quantitative estimate of drug-likeness (QED) is 0.802. The molecule has 3 N–H and O–H groups in total. The standard InChI is InChI=1S/C11H14N2O3/c1-2-8(12)11(14)13-7-3-4-9-10(5-7)16-6-15-9/h3-5,8H,2,6,12H2,1H3,(H,13,14)/t8-/m0/s1. The van der Waals surface area contributed by atoms with Gasteiger partial charge in [-0.25, -0.2) is 0 Å². The van der Waals surface area contributed by atoms with E-state index in [0.717, 1.165) is 0 Å². The first-order valence-electron chi connectivity index (χ1n) is 5.17. The molecule has 0 saturated carbocycles. The lowest BCUT2D eigenvalue weighted by Crippen LogP contribution is -2.34. The van der Waals surface area contributed by atoms with Gasteiger partial charge in [0.2, 0.25) is 12.7 Å². The lowest BCUT2D eigenvalue weighted by molar-refractivity contribution is -0.117. The van der Waals surface area contributed by atoms with Crippen molar-refractivity contribution < 1.29 is 14.3 Å². The largest absolute Gasteiger partial charge is 0.454 e. The number of ether oxygens (including phenoxy) is 2. The van der Waals surface area contributed by atoms with Gasteiger partial charge in [0.25, 0.3) is 0 Å². The van der Waals surface area contributed by atoms with Gasteiger partial charge in [-0.05, 0) is 18.6 Å². The van der Waals surface area contributed by atoms with Gasteiger partial charge in [-0.15, -0.1) is 0 Å². The Kier molecular flexibility index (Phi) is 2.96. The molecular weight excluding hydrogens is 208 g/mol. The Morgan fingerprint density at radius 1 is 1.50 bits per heavy atom. The molecule has 5 nitrogen and oxygen atoms in total. The van der Waals surface area contributed by atoms with Gasteiger partial charge in [0.05, 0.1) is 6.04 Å². The number of carbonyl (C=O) groups excluding carboxylic acids is 1. The normalized spacial score (nSPS) is 14.6. The summed E-state index contributed by atoms with van der Waals surface area (Å²) in [5, 5.41) is 2.72. The molecule has 0 saturated heterocycles. The number of rotatable bonds is 3. The summed E-state index contributed by atoms with van der Waals surface area (Å²) in [6, 6.07) is 4.76. The third kappa shape index (κ3) is 2.09. The lowest BCUT2D eigenvalue weighted by atomic mass is 10.2. The number of nitrogens with one attached hydrogen (secondary N) is 1. The fourth-order valence-corrected chi connectivity index (χ4v) is 1.39. The molecule has 0 unspecified atom stereocenters. The van der Waals surface area contributed by atoms with E-state index in [4.69, 9.17) is 15.2 Å². The van der Waals surface area contributed by atoms with Gasteiger partial charge in [-0.2, -0.15) is 0 Å². The molecule has 1 aromatic rings. The van der Waals surface area contributed by atoms with Gasteiger partial charge in [-0.1, -0.05) is 6.92 Å². The molecule has 16 heavy (non-hydrogen) atoms. The van der Waals surface area contributed by atoms with Crippen LogP contribution in [0, 0.1) is 0 Å². The number of hydrogen-bond donors (Lipinski definition) is 2. The number of hydrogen-bond acceptors (Lipinski definition) is 4. The smallest absolute Gasteiger partial charge is 0.241 e. The molecule has 1 aliphatic heterocycles. The summed E-state index contributed by atoms with van der Waals surface area (Å²) >= 11 is 0. The fraction of sp³-hybridized carbons (Fsp3) is 0.364. The molecule has 1 atom stereocenters. The summed E-state index contributed by atoms with van der Waals surface area (Å²) in [4.78, 5) is 11.5. The molecule has 0 aliphatic carbocycles. The molecule has 0 bridgehead atoms. The second-order valence-corrected chi connectivity index (χ2v) is 3.57. The van der Waals surface area contributed by atoms with Crippen molar-refractivity contribution in [3.63, 3.8) is 0 Å². The zero-order valence-electron chi connectivity index (χ0n) is 9.03. The number of fused-ring (bicyclic) bond motifs is 1. The van der Waals surface area contributed by atoms with Crippen molar-refractivity contribution in [3.05, 3.63) is 18.2 Å². The predicted molar refractivity (Wildman–Crippen MR) is 59.5 cm³/mol. The van der Waals surface area contributed by atoms with Gasteiger partial charge >= 0.3 is 0 Å². The van der Waals surface area contributed by atoms with E-state index in [0.29, 0.717) is 23.6 Å². The Hall–Kier alpha value is -1.75. The van der Waals surface area contributed by atoms with Crippen LogP contribution in [0.2, 0.25) is 0 Å². The van der Waals surface area contributed by atoms with Crippen LogP contribution in [0.5, 0.6) is 11.5 Å². The monoisotopic (exact) mass is 222 g/mol. The van der Waals surface area contributed by atoms with Crippen LogP contribution in [-0.2, 0) is 4.79 Å². The van der Waals surface area contributed by atoms with Crippen LogP contribution in [0.3, 0.4) is 0 Å². The minimum Gasteiger partial charge on any atom is -0.454 e. The molecule has 0 radical (unpaired) electrons. The summed E-state index contributed by atoms with van der Waals surface area (Å²) in [7, 11) is 0. The molecule has 5 heteroatoms. The van der Waals surface area contributed by atoms with E-state index in [2.05, 4.69) is 5.32 Å². The third-order valence-electron chi connectivity index (χ3n) is 2.42. The maximum Gasteiger partial charge on any atom is 0.241 e. The first-order chi connectivity index (χ1) is 7.70. The van der Waals surface area contributed by atoms with E-state index in [-0.39, 0.29) is 12.7 Å². The van der Waals surface area contributed by atoms with Crippen LogP contribution in [-0.4, -0.2) is 18.7 Å². The highest BCUT2D eigenvalue weighted by Crippen LogP contribution is 2.34. The van der Waals surface area contributed by atoms with E-state index >= 15 is 0 Å². The van der Waals surface area contributed by atoms with Crippen LogP contribution < -0.4 is 20.5 Å². The maximum absolute atomic E-state index is 11.5. The average molecular weight is 222 g/mol. The summed E-state index contributed by atoms with van der Waals surface area (Å²) in [5.74, 6) is 1.14. The van der Waals surface area contributed by atoms with Gasteiger partial charge in [0.15, 0.2) is 11.5 Å². The van der Waals surface area contributed by atoms with Crippen molar-refractivity contribution in [2.75, 3.05) is 12.1 Å².